The number of halogens is 2. The summed E-state index contributed by atoms with van der Waals surface area (Å²) in [5, 5.41) is 0.727. The van der Waals surface area contributed by atoms with Crippen LogP contribution in [0.1, 0.15) is 24.8 Å². The zero-order valence-electron chi connectivity index (χ0n) is 8.92. The Balaban J connectivity index is 1.88. The Morgan fingerprint density at radius 2 is 2.31 bits per heavy atom. The van der Waals surface area contributed by atoms with E-state index in [1.165, 1.54) is 6.42 Å². The van der Waals surface area contributed by atoms with Crippen molar-refractivity contribution in [2.24, 2.45) is 0 Å². The Morgan fingerprint density at radius 3 is 3.00 bits per heavy atom. The molecular weight excluding hydrogens is 291 g/mol. The summed E-state index contributed by atoms with van der Waals surface area (Å²) in [6.45, 7) is 1.31. The second-order valence-electron chi connectivity index (χ2n) is 3.84. The van der Waals surface area contributed by atoms with Gasteiger partial charge in [0.25, 0.3) is 0 Å². The highest BCUT2D eigenvalue weighted by Gasteiger charge is 2.14. The number of hydrogen-bond donors (Lipinski definition) is 0. The molecule has 1 unspecified atom stereocenters. The molecule has 2 nitrogen and oxygen atoms in total. The van der Waals surface area contributed by atoms with Crippen LogP contribution >= 0.6 is 27.5 Å². The maximum atomic E-state index is 6.10. The van der Waals surface area contributed by atoms with Crippen molar-refractivity contribution in [1.82, 2.24) is 0 Å². The first-order valence-corrected chi connectivity index (χ1v) is 6.60. The summed E-state index contributed by atoms with van der Waals surface area (Å²) in [7, 11) is 0. The van der Waals surface area contributed by atoms with Crippen LogP contribution in [0, 0.1) is 0 Å². The standard InChI is InChI=1S/C12H14BrClO2/c13-10-5-4-9(11(14)7-10)8-16-12-3-1-2-6-15-12/h4-5,7,12H,1-3,6,8H2. The van der Waals surface area contributed by atoms with Crippen LogP contribution in [0.5, 0.6) is 0 Å². The van der Waals surface area contributed by atoms with Gasteiger partial charge < -0.3 is 9.47 Å². The van der Waals surface area contributed by atoms with Crippen molar-refractivity contribution in [3.8, 4) is 0 Å². The largest absolute Gasteiger partial charge is 0.353 e. The minimum absolute atomic E-state index is 0.0616. The molecule has 0 aromatic heterocycles. The molecule has 1 aromatic rings. The Kier molecular flexibility index (Phi) is 4.65. The molecule has 0 bridgehead atoms. The summed E-state index contributed by atoms with van der Waals surface area (Å²) in [5.41, 5.74) is 0.999. The highest BCUT2D eigenvalue weighted by Crippen LogP contribution is 2.23. The number of benzene rings is 1. The predicted octanol–water partition coefficient (Wildman–Crippen LogP) is 4.15. The average Bonchev–Trinajstić information content (AvgIpc) is 2.29. The van der Waals surface area contributed by atoms with Gasteiger partial charge in [0.15, 0.2) is 6.29 Å². The van der Waals surface area contributed by atoms with E-state index in [-0.39, 0.29) is 6.29 Å². The Labute approximate surface area is 109 Å². The average molecular weight is 306 g/mol. The van der Waals surface area contributed by atoms with Gasteiger partial charge in [0, 0.05) is 16.1 Å². The molecule has 1 saturated heterocycles. The molecule has 4 heteroatoms. The van der Waals surface area contributed by atoms with E-state index in [0.29, 0.717) is 6.61 Å². The molecule has 0 amide bonds. The summed E-state index contributed by atoms with van der Waals surface area (Å²) >= 11 is 9.47. The minimum atomic E-state index is -0.0616. The molecule has 1 atom stereocenters. The van der Waals surface area contributed by atoms with E-state index in [0.717, 1.165) is 34.5 Å². The van der Waals surface area contributed by atoms with E-state index in [1.54, 1.807) is 0 Å². The highest BCUT2D eigenvalue weighted by molar-refractivity contribution is 9.10. The van der Waals surface area contributed by atoms with Crippen LogP contribution < -0.4 is 0 Å². The molecule has 1 heterocycles. The van der Waals surface area contributed by atoms with Crippen LogP contribution in [0.3, 0.4) is 0 Å². The van der Waals surface area contributed by atoms with Crippen molar-refractivity contribution in [2.75, 3.05) is 6.61 Å². The lowest BCUT2D eigenvalue weighted by Crippen LogP contribution is -2.22. The third-order valence-corrected chi connectivity index (χ3v) is 3.42. The number of rotatable bonds is 3. The molecule has 1 fully saturated rings. The van der Waals surface area contributed by atoms with Crippen molar-refractivity contribution < 1.29 is 9.47 Å². The fraction of sp³-hybridized carbons (Fsp3) is 0.500. The molecule has 0 spiro atoms. The first-order valence-electron chi connectivity index (χ1n) is 5.43. The summed E-state index contributed by atoms with van der Waals surface area (Å²) in [4.78, 5) is 0. The molecule has 0 saturated carbocycles. The van der Waals surface area contributed by atoms with E-state index in [1.807, 2.05) is 18.2 Å². The predicted molar refractivity (Wildman–Crippen MR) is 67.5 cm³/mol. The Bertz CT molecular complexity index is 351. The van der Waals surface area contributed by atoms with Crippen LogP contribution in [0.4, 0.5) is 0 Å². The number of ether oxygens (including phenoxy) is 2. The highest BCUT2D eigenvalue weighted by atomic mass is 79.9. The van der Waals surface area contributed by atoms with Gasteiger partial charge in [-0.25, -0.2) is 0 Å². The van der Waals surface area contributed by atoms with Crippen molar-refractivity contribution in [3.05, 3.63) is 33.3 Å². The normalized spacial score (nSPS) is 21.0. The molecule has 1 aliphatic heterocycles. The Hall–Kier alpha value is -0.0900. The number of hydrogen-bond acceptors (Lipinski definition) is 2. The lowest BCUT2D eigenvalue weighted by Gasteiger charge is -2.22. The van der Waals surface area contributed by atoms with Gasteiger partial charge in [-0.1, -0.05) is 33.6 Å². The summed E-state index contributed by atoms with van der Waals surface area (Å²) in [6.07, 6.45) is 3.24. The molecule has 0 N–H and O–H groups in total. The van der Waals surface area contributed by atoms with Gasteiger partial charge in [0.05, 0.1) is 6.61 Å². The minimum Gasteiger partial charge on any atom is -0.353 e. The van der Waals surface area contributed by atoms with Crippen LogP contribution in [0.2, 0.25) is 5.02 Å². The zero-order chi connectivity index (χ0) is 11.4. The molecule has 0 aliphatic carbocycles. The van der Waals surface area contributed by atoms with E-state index < -0.39 is 0 Å². The first-order chi connectivity index (χ1) is 7.75. The molecule has 2 rings (SSSR count). The fourth-order valence-corrected chi connectivity index (χ4v) is 2.39. The second-order valence-corrected chi connectivity index (χ2v) is 5.17. The van der Waals surface area contributed by atoms with Gasteiger partial charge in [-0.2, -0.15) is 0 Å². The maximum absolute atomic E-state index is 6.10. The van der Waals surface area contributed by atoms with E-state index >= 15 is 0 Å². The summed E-state index contributed by atoms with van der Waals surface area (Å²) < 4.78 is 12.1. The van der Waals surface area contributed by atoms with Crippen LogP contribution in [-0.2, 0) is 16.1 Å². The summed E-state index contributed by atoms with van der Waals surface area (Å²) in [5.74, 6) is 0. The molecule has 0 radical (unpaired) electrons. The molecule has 1 aliphatic rings. The van der Waals surface area contributed by atoms with E-state index in [4.69, 9.17) is 21.1 Å². The third kappa shape index (κ3) is 3.45. The van der Waals surface area contributed by atoms with Gasteiger partial charge in [0.1, 0.15) is 0 Å². The van der Waals surface area contributed by atoms with Gasteiger partial charge in [0.2, 0.25) is 0 Å². The van der Waals surface area contributed by atoms with E-state index in [9.17, 15) is 0 Å². The van der Waals surface area contributed by atoms with Crippen LogP contribution in [0.25, 0.3) is 0 Å². The second kappa shape index (κ2) is 6.01. The molecule has 1 aromatic carbocycles. The monoisotopic (exact) mass is 304 g/mol. The Morgan fingerprint density at radius 1 is 1.44 bits per heavy atom. The fourth-order valence-electron chi connectivity index (χ4n) is 1.66. The smallest absolute Gasteiger partial charge is 0.158 e. The SMILES string of the molecule is Clc1cc(Br)ccc1COC1CCCCO1. The topological polar surface area (TPSA) is 18.5 Å². The van der Waals surface area contributed by atoms with Crippen molar-refractivity contribution in [2.45, 2.75) is 32.2 Å². The quantitative estimate of drug-likeness (QED) is 0.835. The first kappa shape index (κ1) is 12.4. The lowest BCUT2D eigenvalue weighted by molar-refractivity contribution is -0.168. The van der Waals surface area contributed by atoms with Gasteiger partial charge in [-0.3, -0.25) is 0 Å². The van der Waals surface area contributed by atoms with Gasteiger partial charge in [-0.05, 0) is 37.0 Å². The van der Waals surface area contributed by atoms with Crippen molar-refractivity contribution in [3.63, 3.8) is 0 Å². The maximum Gasteiger partial charge on any atom is 0.158 e. The van der Waals surface area contributed by atoms with E-state index in [2.05, 4.69) is 15.9 Å². The third-order valence-electron chi connectivity index (χ3n) is 2.58. The molecule has 16 heavy (non-hydrogen) atoms. The van der Waals surface area contributed by atoms with Crippen LogP contribution in [-0.4, -0.2) is 12.9 Å². The lowest BCUT2D eigenvalue weighted by atomic mass is 10.2. The molecular formula is C12H14BrClO2. The van der Waals surface area contributed by atoms with Crippen LogP contribution in [0.15, 0.2) is 22.7 Å². The zero-order valence-corrected chi connectivity index (χ0v) is 11.3. The van der Waals surface area contributed by atoms with Gasteiger partial charge in [-0.15, -0.1) is 0 Å². The van der Waals surface area contributed by atoms with Crippen molar-refractivity contribution >= 4 is 27.5 Å². The summed E-state index contributed by atoms with van der Waals surface area (Å²) in [6, 6.07) is 5.81. The molecule has 88 valence electrons. The van der Waals surface area contributed by atoms with Gasteiger partial charge >= 0.3 is 0 Å². The van der Waals surface area contributed by atoms with Crippen molar-refractivity contribution in [1.29, 1.82) is 0 Å².